The van der Waals surface area contributed by atoms with E-state index in [9.17, 15) is 9.59 Å². The van der Waals surface area contributed by atoms with E-state index in [0.717, 1.165) is 30.7 Å². The summed E-state index contributed by atoms with van der Waals surface area (Å²) in [5, 5.41) is 2.76. The molecule has 28 heavy (non-hydrogen) atoms. The van der Waals surface area contributed by atoms with Gasteiger partial charge in [-0.3, -0.25) is 9.59 Å². The topological polar surface area (TPSA) is 62.3 Å². The molecule has 1 aromatic carbocycles. The van der Waals surface area contributed by atoms with E-state index in [2.05, 4.69) is 22.4 Å². The Labute approximate surface area is 170 Å². The van der Waals surface area contributed by atoms with Crippen LogP contribution < -0.4 is 5.32 Å². The van der Waals surface area contributed by atoms with Crippen LogP contribution in [0, 0.1) is 12.8 Å². The minimum Gasteiger partial charge on any atom is -0.341 e. The van der Waals surface area contributed by atoms with Crippen LogP contribution in [0.5, 0.6) is 0 Å². The Bertz CT molecular complexity index is 795. The fourth-order valence-corrected chi connectivity index (χ4v) is 4.21. The minimum absolute atomic E-state index is 0.0570. The monoisotopic (exact) mass is 397 g/mol. The highest BCUT2D eigenvalue weighted by Gasteiger charge is 2.30. The second-order valence-electron chi connectivity index (χ2n) is 7.27. The maximum Gasteiger partial charge on any atom is 0.235 e. The molecule has 2 amide bonds. The van der Waals surface area contributed by atoms with Crippen LogP contribution in [-0.4, -0.2) is 40.0 Å². The lowest BCUT2D eigenvalue weighted by Crippen LogP contribution is -2.46. The third-order valence-corrected chi connectivity index (χ3v) is 6.16. The van der Waals surface area contributed by atoms with E-state index < -0.39 is 0 Å². The zero-order chi connectivity index (χ0) is 19.9. The lowest BCUT2D eigenvalue weighted by molar-refractivity contribution is -0.133. The number of benzene rings is 1. The maximum atomic E-state index is 12.8. The average molecular weight is 398 g/mol. The van der Waals surface area contributed by atoms with Crippen LogP contribution in [0.25, 0.3) is 0 Å². The van der Waals surface area contributed by atoms with Crippen molar-refractivity contribution < 1.29 is 9.59 Å². The Kier molecular flexibility index (Phi) is 7.09. The van der Waals surface area contributed by atoms with Gasteiger partial charge in [0.1, 0.15) is 5.82 Å². The summed E-state index contributed by atoms with van der Waals surface area (Å²) in [6.45, 7) is 5.12. The lowest BCUT2D eigenvalue weighted by Gasteiger charge is -2.33. The van der Waals surface area contributed by atoms with E-state index >= 15 is 0 Å². The Morgan fingerprint density at radius 3 is 2.75 bits per heavy atom. The highest BCUT2D eigenvalue weighted by molar-refractivity contribution is 7.99. The number of piperidine rings is 1. The first-order valence-electron chi connectivity index (χ1n) is 9.71. The number of likely N-dealkylation sites (tertiary alicyclic amines) is 1. The molecule has 3 rings (SSSR count). The molecule has 1 aromatic heterocycles. The number of nitrogens with zero attached hydrogens (tertiary/aromatic N) is 2. The van der Waals surface area contributed by atoms with Gasteiger partial charge in [-0.25, -0.2) is 4.98 Å². The van der Waals surface area contributed by atoms with Crippen molar-refractivity contribution in [2.75, 3.05) is 18.4 Å². The fraction of sp³-hybridized carbons (Fsp3) is 0.409. The molecule has 1 aliphatic heterocycles. The number of pyridine rings is 1. The second kappa shape index (κ2) is 9.73. The van der Waals surface area contributed by atoms with Crippen LogP contribution in [0.3, 0.4) is 0 Å². The summed E-state index contributed by atoms with van der Waals surface area (Å²) < 4.78 is 0. The third-order valence-electron chi connectivity index (χ3n) is 4.96. The van der Waals surface area contributed by atoms with Gasteiger partial charge >= 0.3 is 0 Å². The van der Waals surface area contributed by atoms with Gasteiger partial charge in [-0.15, -0.1) is 11.8 Å². The molecule has 0 bridgehead atoms. The van der Waals surface area contributed by atoms with Gasteiger partial charge < -0.3 is 10.2 Å². The molecule has 0 spiro atoms. The molecule has 2 atom stereocenters. The van der Waals surface area contributed by atoms with E-state index in [-0.39, 0.29) is 23.0 Å². The molecule has 0 unspecified atom stereocenters. The number of thioether (sulfide) groups is 1. The first-order valence-corrected chi connectivity index (χ1v) is 10.8. The molecule has 6 heteroatoms. The quantitative estimate of drug-likeness (QED) is 0.803. The summed E-state index contributed by atoms with van der Waals surface area (Å²) in [6, 6.07) is 13.9. The number of amides is 2. The van der Waals surface area contributed by atoms with Crippen LogP contribution in [0.15, 0.2) is 48.7 Å². The second-order valence-corrected chi connectivity index (χ2v) is 8.60. The Balaban J connectivity index is 1.52. The van der Waals surface area contributed by atoms with Crippen molar-refractivity contribution in [2.45, 2.75) is 37.7 Å². The molecule has 0 radical (unpaired) electrons. The maximum absolute atomic E-state index is 12.8. The van der Waals surface area contributed by atoms with E-state index in [1.807, 2.05) is 43.0 Å². The van der Waals surface area contributed by atoms with Crippen molar-refractivity contribution in [3.05, 3.63) is 59.8 Å². The number of aryl methyl sites for hydroxylation is 1. The Hall–Kier alpha value is -2.34. The highest BCUT2D eigenvalue weighted by atomic mass is 32.2. The number of carbonyl (C=O) groups is 2. The van der Waals surface area contributed by atoms with E-state index in [4.69, 9.17) is 0 Å². The first-order chi connectivity index (χ1) is 13.5. The summed E-state index contributed by atoms with van der Waals surface area (Å²) in [5.74, 6) is 1.24. The Morgan fingerprint density at radius 2 is 2.04 bits per heavy atom. The van der Waals surface area contributed by atoms with Crippen LogP contribution in [-0.2, 0) is 15.3 Å². The number of hydrogen-bond acceptors (Lipinski definition) is 4. The van der Waals surface area contributed by atoms with Gasteiger partial charge in [-0.2, -0.15) is 0 Å². The summed E-state index contributed by atoms with van der Waals surface area (Å²) in [4.78, 5) is 31.5. The van der Waals surface area contributed by atoms with Crippen LogP contribution in [0.2, 0.25) is 0 Å². The molecule has 0 saturated carbocycles. The lowest BCUT2D eigenvalue weighted by atomic mass is 9.97. The first kappa shape index (κ1) is 20.4. The van der Waals surface area contributed by atoms with Gasteiger partial charge in [0, 0.05) is 25.0 Å². The molecule has 1 aliphatic rings. The third kappa shape index (κ3) is 5.58. The normalized spacial score (nSPS) is 17.8. The predicted octanol–water partition coefficient (Wildman–Crippen LogP) is 3.89. The van der Waals surface area contributed by atoms with Crippen molar-refractivity contribution >= 4 is 29.4 Å². The van der Waals surface area contributed by atoms with Gasteiger partial charge in [0.05, 0.1) is 11.2 Å². The van der Waals surface area contributed by atoms with E-state index in [1.54, 1.807) is 24.0 Å². The van der Waals surface area contributed by atoms with E-state index in [0.29, 0.717) is 12.4 Å². The average Bonchev–Trinajstić information content (AvgIpc) is 2.74. The van der Waals surface area contributed by atoms with E-state index in [1.165, 1.54) is 5.56 Å². The summed E-state index contributed by atoms with van der Waals surface area (Å²) >= 11 is 1.64. The predicted molar refractivity (Wildman–Crippen MR) is 114 cm³/mol. The van der Waals surface area contributed by atoms with Crippen molar-refractivity contribution in [1.82, 2.24) is 9.88 Å². The molecule has 2 aromatic rings. The number of anilines is 1. The number of rotatable bonds is 6. The van der Waals surface area contributed by atoms with Gasteiger partial charge in [0.25, 0.3) is 0 Å². The molecule has 148 valence electrons. The number of nitrogens with one attached hydrogen (secondary N) is 1. The summed E-state index contributed by atoms with van der Waals surface area (Å²) in [7, 11) is 0. The molecule has 5 nitrogen and oxygen atoms in total. The smallest absolute Gasteiger partial charge is 0.235 e. The van der Waals surface area contributed by atoms with Gasteiger partial charge in [0.2, 0.25) is 11.8 Å². The molecular weight excluding hydrogens is 370 g/mol. The molecule has 1 fully saturated rings. The number of hydrogen-bond donors (Lipinski definition) is 1. The Morgan fingerprint density at radius 1 is 1.25 bits per heavy atom. The van der Waals surface area contributed by atoms with Crippen LogP contribution >= 0.6 is 11.8 Å². The van der Waals surface area contributed by atoms with Crippen molar-refractivity contribution in [3.8, 4) is 0 Å². The highest BCUT2D eigenvalue weighted by Crippen LogP contribution is 2.23. The van der Waals surface area contributed by atoms with Gasteiger partial charge in [-0.05, 0) is 43.9 Å². The molecule has 2 heterocycles. The molecule has 1 saturated heterocycles. The van der Waals surface area contributed by atoms with Crippen molar-refractivity contribution in [2.24, 2.45) is 5.92 Å². The summed E-state index contributed by atoms with van der Waals surface area (Å²) in [5.41, 5.74) is 2.27. The zero-order valence-corrected chi connectivity index (χ0v) is 17.2. The summed E-state index contributed by atoms with van der Waals surface area (Å²) in [6.07, 6.45) is 3.38. The zero-order valence-electron chi connectivity index (χ0n) is 16.4. The van der Waals surface area contributed by atoms with Gasteiger partial charge in [0.15, 0.2) is 0 Å². The molecule has 1 N–H and O–H groups in total. The fourth-order valence-electron chi connectivity index (χ4n) is 3.29. The number of aromatic nitrogens is 1. The molecular formula is C22H27N3O2S. The molecule has 0 aliphatic carbocycles. The largest absolute Gasteiger partial charge is 0.341 e. The standard InChI is InChI=1S/C22H27N3O2S/c1-16-10-11-20(23-13-16)24-21(26)19-9-6-12-25(14-19)22(27)17(2)28-15-18-7-4-3-5-8-18/h3-5,7-8,10-11,13,17,19H,6,9,12,14-15H2,1-2H3,(H,23,24,26)/t17-,19+/m1/s1. The van der Waals surface area contributed by atoms with Gasteiger partial charge in [-0.1, -0.05) is 36.4 Å². The van der Waals surface area contributed by atoms with Crippen LogP contribution in [0.1, 0.15) is 30.9 Å². The minimum atomic E-state index is -0.188. The number of carbonyl (C=O) groups excluding carboxylic acids is 2. The van der Waals surface area contributed by atoms with Crippen molar-refractivity contribution in [1.29, 1.82) is 0 Å². The van der Waals surface area contributed by atoms with Crippen molar-refractivity contribution in [3.63, 3.8) is 0 Å². The van der Waals surface area contributed by atoms with Crippen LogP contribution in [0.4, 0.5) is 5.82 Å². The SMILES string of the molecule is Cc1ccc(NC(=O)[C@H]2CCCN(C(=O)[C@@H](C)SCc3ccccc3)C2)nc1.